The third kappa shape index (κ3) is 2.46. The lowest BCUT2D eigenvalue weighted by Crippen LogP contribution is -2.17. The summed E-state index contributed by atoms with van der Waals surface area (Å²) in [5.74, 6) is 0.989. The summed E-state index contributed by atoms with van der Waals surface area (Å²) in [5, 5.41) is 15.0. The van der Waals surface area contributed by atoms with Gasteiger partial charge in [-0.15, -0.1) is 10.2 Å². The van der Waals surface area contributed by atoms with Crippen molar-refractivity contribution in [2.45, 2.75) is 33.0 Å². The van der Waals surface area contributed by atoms with Crippen LogP contribution in [-0.4, -0.2) is 21.3 Å². The second kappa shape index (κ2) is 5.40. The molecule has 1 aliphatic heterocycles. The number of aromatic nitrogens is 3. The molecule has 0 fully saturated rings. The summed E-state index contributed by atoms with van der Waals surface area (Å²) < 4.78 is 2.06. The van der Waals surface area contributed by atoms with E-state index in [0.29, 0.717) is 0 Å². The van der Waals surface area contributed by atoms with Gasteiger partial charge in [0, 0.05) is 25.3 Å². The predicted molar refractivity (Wildman–Crippen MR) is 74.9 cm³/mol. The van der Waals surface area contributed by atoms with Crippen LogP contribution in [0.3, 0.4) is 0 Å². The zero-order chi connectivity index (χ0) is 13.1. The number of para-hydroxylation sites is 1. The summed E-state index contributed by atoms with van der Waals surface area (Å²) in [6, 6.07) is 6.51. The van der Waals surface area contributed by atoms with Crippen molar-refractivity contribution in [1.29, 1.82) is 0 Å². The van der Waals surface area contributed by atoms with Gasteiger partial charge in [0.05, 0.1) is 6.54 Å². The van der Waals surface area contributed by atoms with Crippen molar-refractivity contribution in [2.75, 3.05) is 11.9 Å². The summed E-state index contributed by atoms with van der Waals surface area (Å²) in [7, 11) is 0. The number of nitrogens with zero attached hydrogens (tertiary/aromatic N) is 3. The maximum absolute atomic E-state index is 4.13. The molecule has 0 radical (unpaired) electrons. The average Bonchev–Trinajstić information content (AvgIpc) is 3.07. The van der Waals surface area contributed by atoms with Crippen LogP contribution in [0.25, 0.3) is 0 Å². The third-order valence-electron chi connectivity index (χ3n) is 3.57. The molecule has 0 aliphatic carbocycles. The van der Waals surface area contributed by atoms with E-state index in [9.17, 15) is 0 Å². The highest BCUT2D eigenvalue weighted by molar-refractivity contribution is 5.61. The van der Waals surface area contributed by atoms with E-state index < -0.39 is 0 Å². The Morgan fingerprint density at radius 1 is 1.37 bits per heavy atom. The molecule has 0 amide bonds. The fraction of sp³-hybridized carbons (Fsp3) is 0.429. The van der Waals surface area contributed by atoms with Gasteiger partial charge in [0.15, 0.2) is 0 Å². The lowest BCUT2D eigenvalue weighted by molar-refractivity contribution is 0.613. The second-order valence-electron chi connectivity index (χ2n) is 4.76. The minimum Gasteiger partial charge on any atom is -0.384 e. The zero-order valence-electron chi connectivity index (χ0n) is 11.2. The van der Waals surface area contributed by atoms with Gasteiger partial charge in [-0.2, -0.15) is 0 Å². The van der Waals surface area contributed by atoms with Crippen molar-refractivity contribution in [3.8, 4) is 0 Å². The predicted octanol–water partition coefficient (Wildman–Crippen LogP) is 1.56. The van der Waals surface area contributed by atoms with Gasteiger partial charge in [0.25, 0.3) is 0 Å². The normalized spacial score (nSPS) is 13.3. The van der Waals surface area contributed by atoms with Gasteiger partial charge in [0.2, 0.25) is 0 Å². The molecule has 19 heavy (non-hydrogen) atoms. The standard InChI is InChI=1S/C14H19N5/c1-2-19-10-17-18-13(19)9-15-8-12-5-3-4-11-6-7-16-14(11)12/h3-5,10,15-16H,2,6-9H2,1H3. The van der Waals surface area contributed by atoms with Crippen molar-refractivity contribution in [2.24, 2.45) is 0 Å². The van der Waals surface area contributed by atoms with Crippen LogP contribution in [0.2, 0.25) is 0 Å². The highest BCUT2D eigenvalue weighted by atomic mass is 15.3. The number of nitrogens with one attached hydrogen (secondary N) is 2. The first kappa shape index (κ1) is 12.2. The molecule has 3 rings (SSSR count). The van der Waals surface area contributed by atoms with E-state index in [1.165, 1.54) is 16.8 Å². The van der Waals surface area contributed by atoms with Crippen molar-refractivity contribution in [3.63, 3.8) is 0 Å². The smallest absolute Gasteiger partial charge is 0.146 e. The molecule has 0 spiro atoms. The van der Waals surface area contributed by atoms with Crippen LogP contribution in [0.5, 0.6) is 0 Å². The number of anilines is 1. The molecule has 0 bridgehead atoms. The molecule has 0 unspecified atom stereocenters. The van der Waals surface area contributed by atoms with Crippen molar-refractivity contribution < 1.29 is 0 Å². The molecule has 1 aromatic carbocycles. The van der Waals surface area contributed by atoms with Gasteiger partial charge in [0.1, 0.15) is 12.2 Å². The highest BCUT2D eigenvalue weighted by Crippen LogP contribution is 2.26. The number of benzene rings is 1. The SMILES string of the molecule is CCn1cnnc1CNCc1cccc2c1NCC2. The minimum atomic E-state index is 0.748. The third-order valence-corrected chi connectivity index (χ3v) is 3.57. The largest absolute Gasteiger partial charge is 0.384 e. The number of hydrogen-bond acceptors (Lipinski definition) is 4. The Balaban J connectivity index is 1.63. The van der Waals surface area contributed by atoms with E-state index >= 15 is 0 Å². The Kier molecular flexibility index (Phi) is 3.46. The van der Waals surface area contributed by atoms with Gasteiger partial charge in [-0.1, -0.05) is 18.2 Å². The summed E-state index contributed by atoms with van der Waals surface area (Å²) in [6.45, 7) is 5.66. The molecule has 5 nitrogen and oxygen atoms in total. The van der Waals surface area contributed by atoms with Gasteiger partial charge < -0.3 is 15.2 Å². The Hall–Kier alpha value is -1.88. The molecule has 2 heterocycles. The first-order valence-corrected chi connectivity index (χ1v) is 6.80. The molecule has 1 aliphatic rings. The fourth-order valence-electron chi connectivity index (χ4n) is 2.55. The average molecular weight is 257 g/mol. The molecule has 100 valence electrons. The van der Waals surface area contributed by atoms with Crippen LogP contribution in [-0.2, 0) is 26.1 Å². The maximum Gasteiger partial charge on any atom is 0.146 e. The first-order valence-electron chi connectivity index (χ1n) is 6.80. The van der Waals surface area contributed by atoms with Crippen molar-refractivity contribution >= 4 is 5.69 Å². The Morgan fingerprint density at radius 3 is 3.21 bits per heavy atom. The molecular formula is C14H19N5. The number of fused-ring (bicyclic) bond motifs is 1. The van der Waals surface area contributed by atoms with Crippen molar-refractivity contribution in [1.82, 2.24) is 20.1 Å². The molecule has 1 aromatic heterocycles. The van der Waals surface area contributed by atoms with Crippen LogP contribution in [0.15, 0.2) is 24.5 Å². The number of hydrogen-bond donors (Lipinski definition) is 2. The zero-order valence-corrected chi connectivity index (χ0v) is 11.2. The maximum atomic E-state index is 4.13. The fourth-order valence-corrected chi connectivity index (χ4v) is 2.55. The van der Waals surface area contributed by atoms with Crippen LogP contribution in [0.1, 0.15) is 23.9 Å². The van der Waals surface area contributed by atoms with E-state index in [-0.39, 0.29) is 0 Å². The Morgan fingerprint density at radius 2 is 2.32 bits per heavy atom. The van der Waals surface area contributed by atoms with Crippen LogP contribution < -0.4 is 10.6 Å². The Labute approximate surface area is 113 Å². The van der Waals surface area contributed by atoms with E-state index in [1.54, 1.807) is 6.33 Å². The monoisotopic (exact) mass is 257 g/mol. The van der Waals surface area contributed by atoms with E-state index in [2.05, 4.69) is 50.5 Å². The summed E-state index contributed by atoms with van der Waals surface area (Å²) in [6.07, 6.45) is 2.91. The molecule has 5 heteroatoms. The van der Waals surface area contributed by atoms with Gasteiger partial charge in [-0.3, -0.25) is 0 Å². The van der Waals surface area contributed by atoms with Gasteiger partial charge in [-0.25, -0.2) is 0 Å². The first-order chi connectivity index (χ1) is 9.38. The summed E-state index contributed by atoms with van der Waals surface area (Å²) in [5.41, 5.74) is 4.07. The lowest BCUT2D eigenvalue weighted by atomic mass is 10.1. The lowest BCUT2D eigenvalue weighted by Gasteiger charge is -2.10. The van der Waals surface area contributed by atoms with Crippen LogP contribution in [0, 0.1) is 0 Å². The molecule has 0 saturated carbocycles. The molecule has 0 atom stereocenters. The van der Waals surface area contributed by atoms with Crippen LogP contribution in [0.4, 0.5) is 5.69 Å². The number of aryl methyl sites for hydroxylation is 1. The Bertz CT molecular complexity index is 561. The number of rotatable bonds is 5. The molecule has 2 N–H and O–H groups in total. The van der Waals surface area contributed by atoms with E-state index in [1.807, 2.05) is 0 Å². The quantitative estimate of drug-likeness (QED) is 0.853. The topological polar surface area (TPSA) is 54.8 Å². The molecule has 2 aromatic rings. The van der Waals surface area contributed by atoms with Gasteiger partial charge >= 0.3 is 0 Å². The van der Waals surface area contributed by atoms with E-state index in [4.69, 9.17) is 0 Å². The molecular weight excluding hydrogens is 238 g/mol. The van der Waals surface area contributed by atoms with Crippen molar-refractivity contribution in [3.05, 3.63) is 41.5 Å². The van der Waals surface area contributed by atoms with Gasteiger partial charge in [-0.05, 0) is 24.5 Å². The van der Waals surface area contributed by atoms with E-state index in [0.717, 1.165) is 38.4 Å². The summed E-state index contributed by atoms with van der Waals surface area (Å²) >= 11 is 0. The molecule has 0 saturated heterocycles. The van der Waals surface area contributed by atoms with Crippen LogP contribution >= 0.6 is 0 Å². The minimum absolute atomic E-state index is 0.748. The highest BCUT2D eigenvalue weighted by Gasteiger charge is 2.13. The summed E-state index contributed by atoms with van der Waals surface area (Å²) in [4.78, 5) is 0. The second-order valence-corrected chi connectivity index (χ2v) is 4.76.